The van der Waals surface area contributed by atoms with E-state index in [0.29, 0.717) is 6.04 Å². The lowest BCUT2D eigenvalue weighted by Crippen LogP contribution is -2.46. The Morgan fingerprint density at radius 2 is 2.50 bits per heavy atom. The van der Waals surface area contributed by atoms with Gasteiger partial charge >= 0.3 is 0 Å². The van der Waals surface area contributed by atoms with Gasteiger partial charge in [-0.3, -0.25) is 0 Å². The van der Waals surface area contributed by atoms with E-state index >= 15 is 0 Å². The lowest BCUT2D eigenvalue weighted by Gasteiger charge is -2.30. The van der Waals surface area contributed by atoms with E-state index in [2.05, 4.69) is 12.2 Å². The first kappa shape index (κ1) is 8.31. The van der Waals surface area contributed by atoms with Crippen LogP contribution in [-0.2, 0) is 0 Å². The Morgan fingerprint density at radius 1 is 1.70 bits per heavy atom. The molecule has 1 saturated heterocycles. The van der Waals surface area contributed by atoms with Crippen molar-refractivity contribution in [1.29, 1.82) is 0 Å². The van der Waals surface area contributed by atoms with Gasteiger partial charge in [0.15, 0.2) is 0 Å². The number of halogens is 1. The minimum absolute atomic E-state index is 0.556. The topological polar surface area (TPSA) is 15.3 Å². The second kappa shape index (κ2) is 4.16. The molecule has 1 rings (SSSR count). The van der Waals surface area contributed by atoms with Crippen molar-refractivity contribution >= 4 is 11.8 Å². The second-order valence-electron chi connectivity index (χ2n) is 2.77. The summed E-state index contributed by atoms with van der Waals surface area (Å²) in [6, 6.07) is 0.556. The largest absolute Gasteiger partial charge is 0.314 e. The monoisotopic (exact) mass is 162 g/mol. The molecule has 1 aliphatic rings. The lowest BCUT2D eigenvalue weighted by atomic mass is 10.1. The molecule has 0 radical (unpaired) electrons. The maximum atomic E-state index is 5.95. The summed E-state index contributed by atoms with van der Waals surface area (Å²) in [6.07, 6.45) is 2.42. The second-order valence-corrected chi connectivity index (χ2v) is 3.20. The van der Waals surface area contributed by atoms with Gasteiger partial charge in [-0.25, -0.2) is 4.42 Å². The first-order chi connectivity index (χ1) is 4.84. The zero-order chi connectivity index (χ0) is 7.40. The molecule has 3 heteroatoms. The highest BCUT2D eigenvalue weighted by Gasteiger charge is 2.18. The van der Waals surface area contributed by atoms with Crippen LogP contribution in [0.2, 0.25) is 0 Å². The van der Waals surface area contributed by atoms with Gasteiger partial charge < -0.3 is 5.32 Å². The number of piperazine rings is 1. The van der Waals surface area contributed by atoms with E-state index in [4.69, 9.17) is 11.8 Å². The molecule has 1 unspecified atom stereocenters. The fourth-order valence-corrected chi connectivity index (χ4v) is 1.56. The van der Waals surface area contributed by atoms with Crippen molar-refractivity contribution in [1.82, 2.24) is 9.74 Å². The molecule has 10 heavy (non-hydrogen) atoms. The lowest BCUT2D eigenvalue weighted by molar-refractivity contribution is 0.265. The van der Waals surface area contributed by atoms with Gasteiger partial charge in [0.05, 0.1) is 0 Å². The molecule has 0 aromatic heterocycles. The number of rotatable bonds is 2. The highest BCUT2D eigenvalue weighted by molar-refractivity contribution is 6.13. The first-order valence-corrected chi connectivity index (χ1v) is 4.31. The van der Waals surface area contributed by atoms with Crippen molar-refractivity contribution in [3.05, 3.63) is 0 Å². The average Bonchev–Trinajstić information content (AvgIpc) is 1.94. The Morgan fingerprint density at radius 3 is 3.10 bits per heavy atom. The summed E-state index contributed by atoms with van der Waals surface area (Å²) in [5.74, 6) is 0. The molecule has 0 aromatic carbocycles. The van der Waals surface area contributed by atoms with Crippen LogP contribution in [0.5, 0.6) is 0 Å². The van der Waals surface area contributed by atoms with Crippen LogP contribution in [0.4, 0.5) is 0 Å². The molecule has 2 nitrogen and oxygen atoms in total. The summed E-state index contributed by atoms with van der Waals surface area (Å²) in [7, 11) is 0. The number of nitrogens with one attached hydrogen (secondary N) is 1. The standard InChI is InChI=1S/C7H15ClN2/c1-2-3-7-6-9-4-5-10(7)8/h7,9H,2-6H2,1H3. The highest BCUT2D eigenvalue weighted by Crippen LogP contribution is 2.10. The minimum Gasteiger partial charge on any atom is -0.314 e. The summed E-state index contributed by atoms with van der Waals surface area (Å²) < 4.78 is 1.93. The summed E-state index contributed by atoms with van der Waals surface area (Å²) >= 11 is 5.95. The third-order valence-electron chi connectivity index (χ3n) is 1.90. The molecular weight excluding hydrogens is 148 g/mol. The molecule has 1 N–H and O–H groups in total. The van der Waals surface area contributed by atoms with Crippen molar-refractivity contribution < 1.29 is 0 Å². The molecule has 0 bridgehead atoms. The summed E-state index contributed by atoms with van der Waals surface area (Å²) in [4.78, 5) is 0. The van der Waals surface area contributed by atoms with Crippen LogP contribution in [0.1, 0.15) is 19.8 Å². The van der Waals surface area contributed by atoms with E-state index in [1.54, 1.807) is 0 Å². The number of nitrogens with zero attached hydrogens (tertiary/aromatic N) is 1. The Kier molecular flexibility index (Phi) is 3.46. The highest BCUT2D eigenvalue weighted by atomic mass is 35.5. The van der Waals surface area contributed by atoms with Gasteiger partial charge in [-0.05, 0) is 18.2 Å². The summed E-state index contributed by atoms with van der Waals surface area (Å²) in [5, 5.41) is 3.32. The maximum absolute atomic E-state index is 5.95. The molecule has 1 heterocycles. The summed E-state index contributed by atoms with van der Waals surface area (Å²) in [6.45, 7) is 5.26. The van der Waals surface area contributed by atoms with Gasteiger partial charge in [-0.2, -0.15) is 0 Å². The fraction of sp³-hybridized carbons (Fsp3) is 1.00. The molecule has 0 aliphatic carbocycles. The van der Waals surface area contributed by atoms with Crippen molar-refractivity contribution in [3.8, 4) is 0 Å². The molecule has 60 valence electrons. The first-order valence-electron chi connectivity index (χ1n) is 3.97. The van der Waals surface area contributed by atoms with Gasteiger partial charge in [0, 0.05) is 25.7 Å². The molecule has 0 aromatic rings. The zero-order valence-corrected chi connectivity index (χ0v) is 7.19. The van der Waals surface area contributed by atoms with Gasteiger partial charge in [0.1, 0.15) is 0 Å². The smallest absolute Gasteiger partial charge is 0.0376 e. The Hall–Kier alpha value is 0.210. The van der Waals surface area contributed by atoms with E-state index in [-0.39, 0.29) is 0 Å². The fourth-order valence-electron chi connectivity index (χ4n) is 1.31. The Bertz CT molecular complexity index is 95.6. The molecule has 0 spiro atoms. The predicted molar refractivity (Wildman–Crippen MR) is 44.1 cm³/mol. The van der Waals surface area contributed by atoms with Crippen molar-refractivity contribution in [2.75, 3.05) is 19.6 Å². The third-order valence-corrected chi connectivity index (χ3v) is 2.35. The van der Waals surface area contributed by atoms with E-state index in [9.17, 15) is 0 Å². The third kappa shape index (κ3) is 2.11. The van der Waals surface area contributed by atoms with Crippen LogP contribution in [0.25, 0.3) is 0 Å². The van der Waals surface area contributed by atoms with Crippen LogP contribution in [0.3, 0.4) is 0 Å². The molecule has 1 fully saturated rings. The van der Waals surface area contributed by atoms with Crippen molar-refractivity contribution in [2.45, 2.75) is 25.8 Å². The van der Waals surface area contributed by atoms with Gasteiger partial charge in [0.2, 0.25) is 0 Å². The van der Waals surface area contributed by atoms with Crippen molar-refractivity contribution in [3.63, 3.8) is 0 Å². The Labute approximate surface area is 67.6 Å². The van der Waals surface area contributed by atoms with Crippen LogP contribution in [0, 0.1) is 0 Å². The maximum Gasteiger partial charge on any atom is 0.0376 e. The van der Waals surface area contributed by atoms with Crippen LogP contribution >= 0.6 is 11.8 Å². The van der Waals surface area contributed by atoms with Crippen LogP contribution in [-0.4, -0.2) is 30.1 Å². The normalized spacial score (nSPS) is 28.8. The zero-order valence-electron chi connectivity index (χ0n) is 6.44. The molecule has 1 aliphatic heterocycles. The molecular formula is C7H15ClN2. The average molecular weight is 163 g/mol. The van der Waals surface area contributed by atoms with Gasteiger partial charge in [-0.1, -0.05) is 13.3 Å². The van der Waals surface area contributed by atoms with Crippen LogP contribution in [0.15, 0.2) is 0 Å². The molecule has 0 amide bonds. The minimum atomic E-state index is 0.556. The predicted octanol–water partition coefficient (Wildman–Crippen LogP) is 1.21. The van der Waals surface area contributed by atoms with Crippen molar-refractivity contribution in [2.24, 2.45) is 0 Å². The van der Waals surface area contributed by atoms with Gasteiger partial charge in [0.25, 0.3) is 0 Å². The number of hydrogen-bond acceptors (Lipinski definition) is 2. The SMILES string of the molecule is CCCC1CNCCN1Cl. The molecule has 1 atom stereocenters. The summed E-state index contributed by atoms with van der Waals surface area (Å²) in [5.41, 5.74) is 0. The number of hydrogen-bond donors (Lipinski definition) is 1. The van der Waals surface area contributed by atoms with E-state index in [0.717, 1.165) is 19.6 Å². The Balaban J connectivity index is 2.25. The molecule has 0 saturated carbocycles. The van der Waals surface area contributed by atoms with Crippen LogP contribution < -0.4 is 5.32 Å². The van der Waals surface area contributed by atoms with E-state index < -0.39 is 0 Å². The van der Waals surface area contributed by atoms with Gasteiger partial charge in [-0.15, -0.1) is 0 Å². The van der Waals surface area contributed by atoms with E-state index in [1.165, 1.54) is 12.8 Å². The quantitative estimate of drug-likeness (QED) is 0.615. The van der Waals surface area contributed by atoms with E-state index in [1.807, 2.05) is 4.42 Å².